The Morgan fingerprint density at radius 3 is 2.62 bits per heavy atom. The van der Waals surface area contributed by atoms with Crippen molar-refractivity contribution in [2.24, 2.45) is 4.99 Å². The number of halogens is 5. The topological polar surface area (TPSA) is 75.6 Å². The molecule has 4 rings (SSSR count). The second-order valence-corrected chi connectivity index (χ2v) is 8.61. The van der Waals surface area contributed by atoms with Gasteiger partial charge in [-0.2, -0.15) is 13.2 Å². The summed E-state index contributed by atoms with van der Waals surface area (Å²) in [7, 11) is 0. The van der Waals surface area contributed by atoms with E-state index in [0.29, 0.717) is 11.3 Å². The summed E-state index contributed by atoms with van der Waals surface area (Å²) in [6.45, 7) is -0.362. The van der Waals surface area contributed by atoms with Crippen LogP contribution in [0.2, 0.25) is 10.0 Å². The Balaban J connectivity index is 1.54. The molecule has 0 spiro atoms. The fraction of sp³-hybridized carbons (Fsp3) is 0.300. The largest absolute Gasteiger partial charge is 0.400 e. The highest BCUT2D eigenvalue weighted by atomic mass is 35.5. The maximum Gasteiger partial charge on any atom is 0.400 e. The van der Waals surface area contributed by atoms with Crippen molar-refractivity contribution < 1.29 is 22.8 Å². The highest BCUT2D eigenvalue weighted by Gasteiger charge is 2.58. The molecule has 2 unspecified atom stereocenters. The van der Waals surface area contributed by atoms with Gasteiger partial charge in [-0.3, -0.25) is 19.6 Å². The van der Waals surface area contributed by atoms with E-state index in [1.54, 1.807) is 12.1 Å². The van der Waals surface area contributed by atoms with Crippen LogP contribution in [0, 0.1) is 0 Å². The average Bonchev–Trinajstić information content (AvgIpc) is 3.38. The van der Waals surface area contributed by atoms with Crippen molar-refractivity contribution >= 4 is 52.0 Å². The minimum absolute atomic E-state index is 0.00259. The van der Waals surface area contributed by atoms with E-state index in [1.165, 1.54) is 24.4 Å². The number of hydrogen-bond acceptors (Lipinski definition) is 5. The lowest BCUT2D eigenvalue weighted by Crippen LogP contribution is -2.43. The van der Waals surface area contributed by atoms with Crippen LogP contribution in [0.5, 0.6) is 0 Å². The van der Waals surface area contributed by atoms with Crippen molar-refractivity contribution in [1.29, 1.82) is 0 Å². The van der Waals surface area contributed by atoms with E-state index in [2.05, 4.69) is 20.8 Å². The molecule has 2 atom stereocenters. The van der Waals surface area contributed by atoms with Crippen LogP contribution in [0.3, 0.4) is 0 Å². The van der Waals surface area contributed by atoms with Gasteiger partial charge in [-0.25, -0.2) is 5.48 Å². The van der Waals surface area contributed by atoms with E-state index in [0.717, 1.165) is 0 Å². The van der Waals surface area contributed by atoms with Gasteiger partial charge in [0.15, 0.2) is 0 Å². The van der Waals surface area contributed by atoms with Crippen LogP contribution in [0.15, 0.2) is 41.5 Å². The predicted molar refractivity (Wildman–Crippen MR) is 117 cm³/mol. The lowest BCUT2D eigenvalue weighted by Gasteiger charge is -2.31. The fourth-order valence-electron chi connectivity index (χ4n) is 3.53. The van der Waals surface area contributed by atoms with E-state index in [-0.39, 0.29) is 45.2 Å². The number of benzene rings is 1. The summed E-state index contributed by atoms with van der Waals surface area (Å²) in [5, 5.41) is 3.07. The first-order valence-electron chi connectivity index (χ1n) is 9.35. The molecule has 0 saturated carbocycles. The molecule has 6 nitrogen and oxygen atoms in total. The molecule has 1 saturated heterocycles. The first-order valence-corrected chi connectivity index (χ1v) is 10.5. The van der Waals surface area contributed by atoms with Crippen LogP contribution in [0.25, 0.3) is 0 Å². The molecule has 32 heavy (non-hydrogen) atoms. The SMILES string of the molecule is O=C1NOCC1NC(=S)c1ccc(C2=NCC(c3ccc(Cl)c(Cl)c3)(C(F)(F)F)C2)nc1. The van der Waals surface area contributed by atoms with Gasteiger partial charge in [0, 0.05) is 18.2 Å². The number of nitrogens with one attached hydrogen (secondary N) is 2. The fourth-order valence-corrected chi connectivity index (χ4v) is 4.09. The van der Waals surface area contributed by atoms with Gasteiger partial charge in [0.05, 0.1) is 28.0 Å². The van der Waals surface area contributed by atoms with Gasteiger partial charge < -0.3 is 5.32 Å². The molecular weight excluding hydrogens is 488 g/mol. The second-order valence-electron chi connectivity index (χ2n) is 7.38. The maximum absolute atomic E-state index is 14.2. The summed E-state index contributed by atoms with van der Waals surface area (Å²) in [4.78, 5) is 25.1. The van der Waals surface area contributed by atoms with Crippen LogP contribution in [0.4, 0.5) is 13.2 Å². The number of carbonyl (C=O) groups excluding carboxylic acids is 1. The van der Waals surface area contributed by atoms with Crippen molar-refractivity contribution in [2.75, 3.05) is 13.2 Å². The molecule has 168 valence electrons. The number of carbonyl (C=O) groups is 1. The van der Waals surface area contributed by atoms with Gasteiger partial charge in [0.1, 0.15) is 23.1 Å². The monoisotopic (exact) mass is 502 g/mol. The van der Waals surface area contributed by atoms with Crippen LogP contribution in [-0.4, -0.2) is 47.0 Å². The standard InChI is InChI=1S/C20H15Cl2F3N4O2S/c21-12-3-2-11(5-13(12)22)19(20(23,24)25)6-15(27-9-19)14-4-1-10(7-26-14)18(32)28-16-8-31-29-17(16)30/h1-5,7,16H,6,8-9H2,(H,28,32)(H,29,30). The number of aromatic nitrogens is 1. The van der Waals surface area contributed by atoms with Gasteiger partial charge in [-0.05, 0) is 29.8 Å². The molecule has 0 aliphatic carbocycles. The number of alkyl halides is 3. The zero-order valence-corrected chi connectivity index (χ0v) is 18.5. The Morgan fingerprint density at radius 1 is 1.25 bits per heavy atom. The lowest BCUT2D eigenvalue weighted by molar-refractivity contribution is -0.183. The summed E-state index contributed by atoms with van der Waals surface area (Å²) >= 11 is 17.1. The number of thiocarbonyl (C=S) groups is 1. The summed E-state index contributed by atoms with van der Waals surface area (Å²) < 4.78 is 42.5. The van der Waals surface area contributed by atoms with Crippen LogP contribution in [0.1, 0.15) is 23.2 Å². The van der Waals surface area contributed by atoms with Gasteiger partial charge >= 0.3 is 6.18 Å². The van der Waals surface area contributed by atoms with Gasteiger partial charge in [-0.1, -0.05) is 41.5 Å². The molecular formula is C20H15Cl2F3N4O2S. The molecule has 1 aromatic heterocycles. The van der Waals surface area contributed by atoms with E-state index >= 15 is 0 Å². The number of hydrogen-bond donors (Lipinski definition) is 2. The minimum Gasteiger partial charge on any atom is -0.362 e. The number of hydroxylamine groups is 1. The number of aliphatic imine (C=N–C) groups is 1. The predicted octanol–water partition coefficient (Wildman–Crippen LogP) is 3.78. The Kier molecular flexibility index (Phi) is 6.15. The molecule has 1 amide bonds. The molecule has 0 radical (unpaired) electrons. The molecule has 2 aliphatic heterocycles. The third-order valence-corrected chi connectivity index (χ3v) is 6.48. The van der Waals surface area contributed by atoms with E-state index in [9.17, 15) is 18.0 Å². The minimum atomic E-state index is -4.56. The van der Waals surface area contributed by atoms with Crippen molar-refractivity contribution in [2.45, 2.75) is 24.1 Å². The molecule has 1 aromatic carbocycles. The van der Waals surface area contributed by atoms with Crippen LogP contribution >= 0.6 is 35.4 Å². The molecule has 2 N–H and O–H groups in total. The zero-order chi connectivity index (χ0) is 23.1. The number of amides is 1. The number of rotatable bonds is 4. The van der Waals surface area contributed by atoms with Gasteiger partial charge in [0.25, 0.3) is 5.91 Å². The second kappa shape index (κ2) is 8.58. The first kappa shape index (κ1) is 22.9. The summed E-state index contributed by atoms with van der Waals surface area (Å²) in [6.07, 6.45) is -3.53. The molecule has 2 aromatic rings. The molecule has 3 heterocycles. The smallest absolute Gasteiger partial charge is 0.362 e. The Hall–Kier alpha value is -2.27. The third kappa shape index (κ3) is 4.19. The van der Waals surface area contributed by atoms with E-state index in [4.69, 9.17) is 40.3 Å². The Morgan fingerprint density at radius 2 is 2.03 bits per heavy atom. The maximum atomic E-state index is 14.2. The summed E-state index contributed by atoms with van der Waals surface area (Å²) in [5.74, 6) is -0.344. The number of nitrogens with zero attached hydrogens (tertiary/aromatic N) is 2. The molecule has 12 heteroatoms. The van der Waals surface area contributed by atoms with Crippen molar-refractivity contribution in [3.63, 3.8) is 0 Å². The quantitative estimate of drug-likeness (QED) is 0.622. The molecule has 0 bridgehead atoms. The van der Waals surface area contributed by atoms with Crippen molar-refractivity contribution in [3.8, 4) is 0 Å². The Bertz CT molecular complexity index is 1110. The van der Waals surface area contributed by atoms with Gasteiger partial charge in [-0.15, -0.1) is 0 Å². The molecule has 2 aliphatic rings. The lowest BCUT2D eigenvalue weighted by atomic mass is 9.77. The van der Waals surface area contributed by atoms with Crippen LogP contribution < -0.4 is 10.8 Å². The highest BCUT2D eigenvalue weighted by molar-refractivity contribution is 7.80. The zero-order valence-electron chi connectivity index (χ0n) is 16.2. The Labute approximate surface area is 196 Å². The number of pyridine rings is 1. The van der Waals surface area contributed by atoms with Crippen molar-refractivity contribution in [3.05, 3.63) is 63.4 Å². The van der Waals surface area contributed by atoms with Crippen LogP contribution in [-0.2, 0) is 15.0 Å². The van der Waals surface area contributed by atoms with Gasteiger partial charge in [0.2, 0.25) is 0 Å². The van der Waals surface area contributed by atoms with Crippen molar-refractivity contribution in [1.82, 2.24) is 15.8 Å². The van der Waals surface area contributed by atoms with E-state index < -0.39 is 24.2 Å². The summed E-state index contributed by atoms with van der Waals surface area (Å²) in [5.41, 5.74) is 1.03. The molecule has 1 fully saturated rings. The first-order chi connectivity index (χ1) is 15.1. The highest BCUT2D eigenvalue weighted by Crippen LogP contribution is 2.48. The van der Waals surface area contributed by atoms with E-state index in [1.807, 2.05) is 0 Å². The third-order valence-electron chi connectivity index (χ3n) is 5.39. The normalized spacial score (nSPS) is 23.1. The summed E-state index contributed by atoms with van der Waals surface area (Å²) in [6, 6.07) is 6.44. The average molecular weight is 503 g/mol.